The molecule has 2 heterocycles. The number of fused-ring (bicyclic) bond motifs is 1. The number of rotatable bonds is 3. The number of nitrogens with one attached hydrogen (secondary N) is 1. The third kappa shape index (κ3) is 3.63. The van der Waals surface area contributed by atoms with E-state index in [2.05, 4.69) is 15.3 Å². The van der Waals surface area contributed by atoms with Crippen molar-refractivity contribution in [1.82, 2.24) is 14.9 Å². The smallest absolute Gasteiger partial charge is 0.258 e. The van der Waals surface area contributed by atoms with Crippen LogP contribution in [0.4, 0.5) is 5.95 Å². The quantitative estimate of drug-likeness (QED) is 0.868. The van der Waals surface area contributed by atoms with Crippen LogP contribution in [-0.2, 0) is 17.6 Å². The Hall–Kier alpha value is -1.89. The van der Waals surface area contributed by atoms with Crippen molar-refractivity contribution in [3.63, 3.8) is 0 Å². The second-order valence-corrected chi connectivity index (χ2v) is 7.37. The fourth-order valence-corrected chi connectivity index (χ4v) is 4.00. The van der Waals surface area contributed by atoms with Gasteiger partial charge in [0, 0.05) is 35.0 Å². The van der Waals surface area contributed by atoms with Gasteiger partial charge in [-0.05, 0) is 42.5 Å². The van der Waals surface area contributed by atoms with Crippen molar-refractivity contribution in [2.75, 3.05) is 25.2 Å². The predicted octanol–water partition coefficient (Wildman–Crippen LogP) is 3.18. The zero-order valence-electron chi connectivity index (χ0n) is 14.0. The summed E-state index contributed by atoms with van der Waals surface area (Å²) in [5.41, 5.74) is 2.73. The molecule has 1 N–H and O–H groups in total. The predicted molar refractivity (Wildman–Crippen MR) is 99.8 cm³/mol. The maximum Gasteiger partial charge on any atom is 0.258 e. The highest BCUT2D eigenvalue weighted by Gasteiger charge is 2.25. The third-order valence-electron chi connectivity index (χ3n) is 4.65. The maximum absolute atomic E-state index is 12.4. The lowest BCUT2D eigenvalue weighted by molar-refractivity contribution is -0.00575. The second-order valence-electron chi connectivity index (χ2n) is 6.53. The second kappa shape index (κ2) is 7.39. The number of amides is 1. The summed E-state index contributed by atoms with van der Waals surface area (Å²) < 4.78 is 5.32. The lowest BCUT2D eigenvalue weighted by atomic mass is 10.1. The molecule has 1 aliphatic heterocycles. The van der Waals surface area contributed by atoms with Crippen molar-refractivity contribution < 1.29 is 9.53 Å². The Morgan fingerprint density at radius 2 is 2.04 bits per heavy atom. The summed E-state index contributed by atoms with van der Waals surface area (Å²) in [6.07, 6.45) is 5.56. The van der Waals surface area contributed by atoms with E-state index in [-0.39, 0.29) is 11.9 Å². The molecule has 1 saturated heterocycles. The van der Waals surface area contributed by atoms with Crippen molar-refractivity contribution in [3.8, 4) is 0 Å². The normalized spacial score (nSPS) is 19.3. The highest BCUT2D eigenvalue weighted by atomic mass is 35.5. The molecule has 1 fully saturated rings. The van der Waals surface area contributed by atoms with Crippen molar-refractivity contribution in [1.29, 1.82) is 0 Å². The minimum absolute atomic E-state index is 0.106. The molecule has 136 valence electrons. The number of hydrogen-bond donors (Lipinski definition) is 1. The molecule has 1 unspecified atom stereocenters. The lowest BCUT2D eigenvalue weighted by Gasteiger charge is -2.26. The summed E-state index contributed by atoms with van der Waals surface area (Å²) in [4.78, 5) is 22.6. The Bertz CT molecular complexity index is 823. The number of anilines is 1. The molecule has 0 bridgehead atoms. The zero-order chi connectivity index (χ0) is 18.1. The molecule has 6 nitrogen and oxygen atoms in total. The molecule has 8 heteroatoms. The van der Waals surface area contributed by atoms with Crippen LogP contribution in [0.3, 0.4) is 0 Å². The molecule has 0 radical (unpaired) electrons. The topological polar surface area (TPSA) is 67.4 Å². The van der Waals surface area contributed by atoms with Gasteiger partial charge in [0.2, 0.25) is 5.95 Å². The van der Waals surface area contributed by atoms with Gasteiger partial charge in [0.15, 0.2) is 0 Å². The molecule has 1 atom stereocenters. The Morgan fingerprint density at radius 3 is 2.77 bits per heavy atom. The minimum Gasteiger partial charge on any atom is -0.361 e. The van der Waals surface area contributed by atoms with Crippen LogP contribution in [-0.4, -0.2) is 46.7 Å². The highest BCUT2D eigenvalue weighted by Crippen LogP contribution is 2.33. The molecular formula is C18H18Cl2N4O2. The van der Waals surface area contributed by atoms with Crippen LogP contribution in [0.5, 0.6) is 0 Å². The third-order valence-corrected chi connectivity index (χ3v) is 5.21. The first-order valence-corrected chi connectivity index (χ1v) is 9.28. The van der Waals surface area contributed by atoms with Gasteiger partial charge in [0.05, 0.1) is 12.2 Å². The molecule has 26 heavy (non-hydrogen) atoms. The van der Waals surface area contributed by atoms with Gasteiger partial charge < -0.3 is 15.0 Å². The first kappa shape index (κ1) is 17.5. The van der Waals surface area contributed by atoms with Gasteiger partial charge in [-0.1, -0.05) is 23.2 Å². The standard InChI is InChI=1S/C18H18Cl2N4O2/c19-13-4-11-5-14(7-15(11)16(20)6-13)23-18-21-8-12(9-22-18)17(25)24-2-1-3-26-10-24/h4,6,8-9,14H,1-3,5,7,10H2,(H,21,22,23). The van der Waals surface area contributed by atoms with Crippen molar-refractivity contribution in [3.05, 3.63) is 51.3 Å². The largest absolute Gasteiger partial charge is 0.361 e. The van der Waals surface area contributed by atoms with E-state index in [1.54, 1.807) is 23.4 Å². The monoisotopic (exact) mass is 392 g/mol. The summed E-state index contributed by atoms with van der Waals surface area (Å²) >= 11 is 12.4. The van der Waals surface area contributed by atoms with E-state index in [0.29, 0.717) is 41.4 Å². The van der Waals surface area contributed by atoms with Crippen LogP contribution in [0, 0.1) is 0 Å². The van der Waals surface area contributed by atoms with Gasteiger partial charge in [0.1, 0.15) is 6.73 Å². The summed E-state index contributed by atoms with van der Waals surface area (Å²) in [7, 11) is 0. The first-order chi connectivity index (χ1) is 12.6. The van der Waals surface area contributed by atoms with Gasteiger partial charge in [-0.15, -0.1) is 0 Å². The summed E-state index contributed by atoms with van der Waals surface area (Å²) in [5.74, 6) is 0.391. The Balaban J connectivity index is 1.41. The number of nitrogens with zero attached hydrogens (tertiary/aromatic N) is 3. The van der Waals surface area contributed by atoms with E-state index in [9.17, 15) is 4.79 Å². The molecule has 0 spiro atoms. The average Bonchev–Trinajstić information content (AvgIpc) is 3.05. The van der Waals surface area contributed by atoms with Crippen LogP contribution in [0.2, 0.25) is 10.0 Å². The van der Waals surface area contributed by atoms with Crippen LogP contribution in [0.15, 0.2) is 24.5 Å². The van der Waals surface area contributed by atoms with E-state index in [0.717, 1.165) is 30.4 Å². The zero-order valence-corrected chi connectivity index (χ0v) is 15.6. The number of aromatic nitrogens is 2. The highest BCUT2D eigenvalue weighted by molar-refractivity contribution is 6.35. The molecule has 1 aromatic heterocycles. The summed E-state index contributed by atoms with van der Waals surface area (Å²) in [6, 6.07) is 3.87. The molecule has 4 rings (SSSR count). The van der Waals surface area contributed by atoms with Gasteiger partial charge in [-0.3, -0.25) is 4.79 Å². The van der Waals surface area contributed by atoms with Gasteiger partial charge in [-0.2, -0.15) is 0 Å². The number of ether oxygens (including phenoxy) is 1. The van der Waals surface area contributed by atoms with Gasteiger partial charge in [-0.25, -0.2) is 9.97 Å². The molecule has 0 saturated carbocycles. The Morgan fingerprint density at radius 1 is 1.23 bits per heavy atom. The van der Waals surface area contributed by atoms with Gasteiger partial charge >= 0.3 is 0 Å². The van der Waals surface area contributed by atoms with E-state index in [1.165, 1.54) is 0 Å². The minimum atomic E-state index is -0.106. The number of carbonyl (C=O) groups is 1. The van der Waals surface area contributed by atoms with E-state index in [1.807, 2.05) is 6.07 Å². The molecule has 2 aromatic rings. The van der Waals surface area contributed by atoms with Crippen molar-refractivity contribution in [2.24, 2.45) is 0 Å². The fraction of sp³-hybridized carbons (Fsp3) is 0.389. The van der Waals surface area contributed by atoms with E-state index in [4.69, 9.17) is 27.9 Å². The maximum atomic E-state index is 12.4. The van der Waals surface area contributed by atoms with Crippen LogP contribution in [0.1, 0.15) is 27.9 Å². The van der Waals surface area contributed by atoms with Crippen LogP contribution < -0.4 is 5.32 Å². The summed E-state index contributed by atoms with van der Waals surface area (Å²) in [5, 5.41) is 4.65. The first-order valence-electron chi connectivity index (χ1n) is 8.52. The van der Waals surface area contributed by atoms with Crippen molar-refractivity contribution >= 4 is 35.1 Å². The van der Waals surface area contributed by atoms with Gasteiger partial charge in [0.25, 0.3) is 5.91 Å². The molecule has 2 aliphatic rings. The number of benzene rings is 1. The number of hydrogen-bond acceptors (Lipinski definition) is 5. The average molecular weight is 393 g/mol. The summed E-state index contributed by atoms with van der Waals surface area (Å²) in [6.45, 7) is 1.72. The van der Waals surface area contributed by atoms with Crippen LogP contribution >= 0.6 is 23.2 Å². The van der Waals surface area contributed by atoms with Crippen LogP contribution in [0.25, 0.3) is 0 Å². The number of carbonyl (C=O) groups excluding carboxylic acids is 1. The molecular weight excluding hydrogens is 375 g/mol. The molecule has 1 aliphatic carbocycles. The fourth-order valence-electron chi connectivity index (χ4n) is 3.39. The van der Waals surface area contributed by atoms with Crippen molar-refractivity contribution in [2.45, 2.75) is 25.3 Å². The van der Waals surface area contributed by atoms with E-state index < -0.39 is 0 Å². The van der Waals surface area contributed by atoms with E-state index >= 15 is 0 Å². The Kier molecular flexibility index (Phi) is 4.98. The molecule has 1 aromatic carbocycles. The Labute approximate surface area is 161 Å². The molecule has 1 amide bonds. The number of halogens is 2. The SMILES string of the molecule is O=C(c1cnc(NC2Cc3cc(Cl)cc(Cl)c3C2)nc1)N1CCCOC1. The lowest BCUT2D eigenvalue weighted by Crippen LogP contribution is -2.38.